The molecule has 0 radical (unpaired) electrons. The first kappa shape index (κ1) is 13.4. The number of hydrogen-bond acceptors (Lipinski definition) is 6. The fourth-order valence-electron chi connectivity index (χ4n) is 1.13. The molecule has 0 saturated carbocycles. The van der Waals surface area contributed by atoms with Crippen molar-refractivity contribution < 1.29 is 14.7 Å². The van der Waals surface area contributed by atoms with Crippen LogP contribution >= 0.6 is 11.3 Å². The van der Waals surface area contributed by atoms with Gasteiger partial charge in [0.25, 0.3) is 5.91 Å². The highest BCUT2D eigenvalue weighted by molar-refractivity contribution is 7.13. The van der Waals surface area contributed by atoms with Crippen LogP contribution in [0.25, 0.3) is 0 Å². The predicted molar refractivity (Wildman–Crippen MR) is 63.7 cm³/mol. The third kappa shape index (κ3) is 4.37. The zero-order valence-corrected chi connectivity index (χ0v) is 9.87. The Balaban J connectivity index is 2.23. The van der Waals surface area contributed by atoms with Crippen LogP contribution in [0.4, 0.5) is 5.13 Å². The van der Waals surface area contributed by atoms with E-state index in [1.807, 2.05) is 0 Å². The number of nitrogen functional groups attached to an aromatic ring is 1. The lowest BCUT2D eigenvalue weighted by Crippen LogP contribution is -2.32. The second-order valence-corrected chi connectivity index (χ2v) is 4.30. The first-order valence-corrected chi connectivity index (χ1v) is 5.86. The van der Waals surface area contributed by atoms with Crippen LogP contribution < -0.4 is 16.8 Å². The first-order valence-electron chi connectivity index (χ1n) is 4.98. The second kappa shape index (κ2) is 6.16. The number of carbonyl (C=O) groups is 2. The number of nitrogens with zero attached hydrogens (tertiary/aromatic N) is 1. The van der Waals surface area contributed by atoms with E-state index in [-0.39, 0.29) is 11.6 Å². The zero-order valence-electron chi connectivity index (χ0n) is 9.05. The summed E-state index contributed by atoms with van der Waals surface area (Å²) >= 11 is 1.19. The van der Waals surface area contributed by atoms with Crippen LogP contribution in [-0.4, -0.2) is 34.6 Å². The van der Waals surface area contributed by atoms with Gasteiger partial charge in [-0.2, -0.15) is 0 Å². The van der Waals surface area contributed by atoms with Gasteiger partial charge in [-0.05, 0) is 12.8 Å². The van der Waals surface area contributed by atoms with Gasteiger partial charge in [0.05, 0.1) is 0 Å². The summed E-state index contributed by atoms with van der Waals surface area (Å²) < 4.78 is 0. The molecule has 0 unspecified atom stereocenters. The van der Waals surface area contributed by atoms with Crippen molar-refractivity contribution >= 4 is 28.3 Å². The summed E-state index contributed by atoms with van der Waals surface area (Å²) in [5.41, 5.74) is 11.0. The third-order valence-electron chi connectivity index (χ3n) is 2.05. The molecule has 6 N–H and O–H groups in total. The molecule has 0 spiro atoms. The van der Waals surface area contributed by atoms with Gasteiger partial charge < -0.3 is 21.9 Å². The lowest BCUT2D eigenvalue weighted by Gasteiger charge is -2.06. The fourth-order valence-corrected chi connectivity index (χ4v) is 1.67. The number of anilines is 1. The molecular formula is C9H14N4O3S. The van der Waals surface area contributed by atoms with Crippen LogP contribution in [0.15, 0.2) is 5.38 Å². The molecular weight excluding hydrogens is 244 g/mol. The molecule has 0 aliphatic carbocycles. The third-order valence-corrected chi connectivity index (χ3v) is 2.72. The number of carbonyl (C=O) groups excluding carboxylic acids is 1. The molecule has 0 aromatic carbocycles. The normalized spacial score (nSPS) is 12.1. The fraction of sp³-hybridized carbons (Fsp3) is 0.444. The van der Waals surface area contributed by atoms with Crippen LogP contribution in [0.5, 0.6) is 0 Å². The van der Waals surface area contributed by atoms with Gasteiger partial charge >= 0.3 is 5.97 Å². The second-order valence-electron chi connectivity index (χ2n) is 3.41. The minimum absolute atomic E-state index is 0.273. The van der Waals surface area contributed by atoms with Gasteiger partial charge in [0.15, 0.2) is 5.13 Å². The Labute approximate surface area is 102 Å². The summed E-state index contributed by atoms with van der Waals surface area (Å²) in [6.45, 7) is 0.358. The smallest absolute Gasteiger partial charge is 0.320 e. The molecule has 1 atom stereocenters. The van der Waals surface area contributed by atoms with E-state index in [2.05, 4.69) is 10.3 Å². The summed E-state index contributed by atoms with van der Waals surface area (Å²) in [4.78, 5) is 25.7. The van der Waals surface area contributed by atoms with E-state index >= 15 is 0 Å². The number of nitrogens with two attached hydrogens (primary N) is 2. The van der Waals surface area contributed by atoms with E-state index in [0.717, 1.165) is 0 Å². The molecule has 94 valence electrons. The molecule has 0 fully saturated rings. The van der Waals surface area contributed by atoms with Gasteiger partial charge in [0, 0.05) is 11.9 Å². The Hall–Kier alpha value is -1.67. The van der Waals surface area contributed by atoms with Gasteiger partial charge in [-0.25, -0.2) is 4.98 Å². The highest BCUT2D eigenvalue weighted by atomic mass is 32.1. The van der Waals surface area contributed by atoms with Crippen molar-refractivity contribution in [3.05, 3.63) is 11.1 Å². The molecule has 0 aliphatic rings. The number of nitrogens with one attached hydrogen (secondary N) is 1. The van der Waals surface area contributed by atoms with Crippen LogP contribution in [-0.2, 0) is 4.79 Å². The maximum Gasteiger partial charge on any atom is 0.320 e. The topological polar surface area (TPSA) is 131 Å². The maximum atomic E-state index is 11.5. The molecule has 1 aromatic heterocycles. The number of thiazole rings is 1. The molecule has 0 saturated heterocycles. The van der Waals surface area contributed by atoms with E-state index < -0.39 is 12.0 Å². The number of amides is 1. The van der Waals surface area contributed by atoms with Crippen molar-refractivity contribution in [1.29, 1.82) is 0 Å². The van der Waals surface area contributed by atoms with Crippen LogP contribution in [0.2, 0.25) is 0 Å². The standard InChI is InChI=1S/C9H14N4O3S/c10-5(8(15)16)2-1-3-12-7(14)6-4-17-9(11)13-6/h4-5H,1-3,10H2,(H2,11,13)(H,12,14)(H,15,16)/t5-/m0/s1. The lowest BCUT2D eigenvalue weighted by molar-refractivity contribution is -0.138. The van der Waals surface area contributed by atoms with E-state index in [9.17, 15) is 9.59 Å². The minimum atomic E-state index is -1.04. The van der Waals surface area contributed by atoms with Gasteiger partial charge in [0.1, 0.15) is 11.7 Å². The Bertz CT molecular complexity index is 407. The van der Waals surface area contributed by atoms with Gasteiger partial charge in [-0.1, -0.05) is 0 Å². The SMILES string of the molecule is Nc1nc(C(=O)NCCC[C@H](N)C(=O)O)cs1. The van der Waals surface area contributed by atoms with E-state index in [1.165, 1.54) is 11.3 Å². The largest absolute Gasteiger partial charge is 0.480 e. The average molecular weight is 258 g/mol. The van der Waals surface area contributed by atoms with E-state index in [0.29, 0.717) is 24.5 Å². The van der Waals surface area contributed by atoms with Crippen molar-refractivity contribution in [1.82, 2.24) is 10.3 Å². The summed E-state index contributed by atoms with van der Waals surface area (Å²) in [5, 5.41) is 13.0. The molecule has 1 rings (SSSR count). The zero-order chi connectivity index (χ0) is 12.8. The van der Waals surface area contributed by atoms with Crippen molar-refractivity contribution in [2.75, 3.05) is 12.3 Å². The summed E-state index contributed by atoms with van der Waals surface area (Å²) in [6.07, 6.45) is 0.813. The number of carboxylic acid groups (broad SMARTS) is 1. The number of rotatable bonds is 6. The monoisotopic (exact) mass is 258 g/mol. The van der Waals surface area contributed by atoms with Crippen molar-refractivity contribution in [3.8, 4) is 0 Å². The number of aliphatic carboxylic acids is 1. The summed E-state index contributed by atoms with van der Waals surface area (Å²) in [7, 11) is 0. The van der Waals surface area contributed by atoms with Crippen molar-refractivity contribution in [2.24, 2.45) is 5.73 Å². The molecule has 8 heteroatoms. The van der Waals surface area contributed by atoms with Gasteiger partial charge in [-0.3, -0.25) is 9.59 Å². The Morgan fingerprint density at radius 2 is 2.29 bits per heavy atom. The van der Waals surface area contributed by atoms with Gasteiger partial charge in [-0.15, -0.1) is 11.3 Å². The summed E-state index contributed by atoms with van der Waals surface area (Å²) in [6, 6.07) is -0.887. The molecule has 1 heterocycles. The highest BCUT2D eigenvalue weighted by Gasteiger charge is 2.12. The Morgan fingerprint density at radius 3 is 2.82 bits per heavy atom. The van der Waals surface area contributed by atoms with Crippen LogP contribution in [0, 0.1) is 0 Å². The van der Waals surface area contributed by atoms with Gasteiger partial charge in [0.2, 0.25) is 0 Å². The quantitative estimate of drug-likeness (QED) is 0.515. The minimum Gasteiger partial charge on any atom is -0.480 e. The van der Waals surface area contributed by atoms with E-state index in [1.54, 1.807) is 5.38 Å². The molecule has 1 amide bonds. The van der Waals surface area contributed by atoms with Crippen molar-refractivity contribution in [3.63, 3.8) is 0 Å². The molecule has 17 heavy (non-hydrogen) atoms. The van der Waals surface area contributed by atoms with Crippen LogP contribution in [0.3, 0.4) is 0 Å². The van der Waals surface area contributed by atoms with E-state index in [4.69, 9.17) is 16.6 Å². The number of aromatic nitrogens is 1. The lowest BCUT2D eigenvalue weighted by atomic mass is 10.2. The summed E-state index contributed by atoms with van der Waals surface area (Å²) in [5.74, 6) is -1.36. The highest BCUT2D eigenvalue weighted by Crippen LogP contribution is 2.10. The average Bonchev–Trinajstić information content (AvgIpc) is 2.70. The Morgan fingerprint density at radius 1 is 1.59 bits per heavy atom. The first-order chi connectivity index (χ1) is 8.00. The molecule has 1 aromatic rings. The number of hydrogen-bond donors (Lipinski definition) is 4. The van der Waals surface area contributed by atoms with Crippen molar-refractivity contribution in [2.45, 2.75) is 18.9 Å². The Kier molecular flexibility index (Phi) is 4.85. The molecule has 0 aliphatic heterocycles. The molecule has 0 bridgehead atoms. The number of carboxylic acids is 1. The van der Waals surface area contributed by atoms with Crippen LogP contribution in [0.1, 0.15) is 23.3 Å². The maximum absolute atomic E-state index is 11.5. The predicted octanol–water partition coefficient (Wildman–Crippen LogP) is -0.353. The molecule has 7 nitrogen and oxygen atoms in total.